The van der Waals surface area contributed by atoms with Gasteiger partial charge in [0.25, 0.3) is 0 Å². The van der Waals surface area contributed by atoms with E-state index in [1.54, 1.807) is 0 Å². The van der Waals surface area contributed by atoms with E-state index in [4.69, 9.17) is 0 Å². The monoisotopic (exact) mass is 325 g/mol. The minimum atomic E-state index is -2.85. The largest absolute Gasteiger partial charge is 0.466 e. The molecule has 0 aliphatic heterocycles. The maximum absolute atomic E-state index is 15.1. The van der Waals surface area contributed by atoms with Crippen LogP contribution >= 0.6 is 0 Å². The van der Waals surface area contributed by atoms with Crippen molar-refractivity contribution in [3.05, 3.63) is 53.1 Å². The maximum atomic E-state index is 15.1. The Kier molecular flexibility index (Phi) is 4.58. The van der Waals surface area contributed by atoms with E-state index in [1.165, 1.54) is 12.1 Å². The Hall–Kier alpha value is -2.57. The number of rotatable bonds is 4. The number of ketones is 1. The average molecular weight is 325 g/mol. The van der Waals surface area contributed by atoms with Crippen LogP contribution in [-0.4, -0.2) is 24.7 Å². The number of carbonyl (C=O) groups excluding carboxylic acids is 2. The summed E-state index contributed by atoms with van der Waals surface area (Å²) in [5, 5.41) is 2.20. The highest BCUT2D eigenvalue weighted by molar-refractivity contribution is 6.01. The standard InChI is InChI=1S/C16H14F3NO3/c1-9(21)13-6-10(15(22)23-2)8-16(19,14(13)18)20-12-5-3-4-11(17)7-12/h3-7,20H,8H2,1-2H3. The number of ether oxygens (including phenoxy) is 1. The smallest absolute Gasteiger partial charge is 0.333 e. The highest BCUT2D eigenvalue weighted by atomic mass is 19.2. The van der Waals surface area contributed by atoms with Crippen LogP contribution in [0.3, 0.4) is 0 Å². The summed E-state index contributed by atoms with van der Waals surface area (Å²) in [6.45, 7) is 1.05. The number of nitrogens with one attached hydrogen (secondary N) is 1. The minimum Gasteiger partial charge on any atom is -0.466 e. The first-order valence-corrected chi connectivity index (χ1v) is 6.69. The lowest BCUT2D eigenvalue weighted by Crippen LogP contribution is -2.39. The third-order valence-corrected chi connectivity index (χ3v) is 3.33. The molecule has 0 radical (unpaired) electrons. The van der Waals surface area contributed by atoms with Crippen molar-refractivity contribution in [1.82, 2.24) is 0 Å². The molecule has 0 heterocycles. The number of halogens is 3. The summed E-state index contributed by atoms with van der Waals surface area (Å²) < 4.78 is 47.2. The molecule has 1 N–H and O–H groups in total. The number of benzene rings is 1. The molecule has 0 fully saturated rings. The number of hydrogen-bond acceptors (Lipinski definition) is 4. The fourth-order valence-electron chi connectivity index (χ4n) is 2.25. The van der Waals surface area contributed by atoms with E-state index in [0.717, 1.165) is 32.2 Å². The van der Waals surface area contributed by atoms with Crippen molar-refractivity contribution in [3.8, 4) is 0 Å². The summed E-state index contributed by atoms with van der Waals surface area (Å²) in [5.74, 6) is -6.48. The molecule has 0 bridgehead atoms. The van der Waals surface area contributed by atoms with Gasteiger partial charge in [-0.1, -0.05) is 6.07 Å². The van der Waals surface area contributed by atoms with Crippen molar-refractivity contribution in [2.24, 2.45) is 0 Å². The van der Waals surface area contributed by atoms with Gasteiger partial charge in [-0.3, -0.25) is 4.79 Å². The molecule has 2 rings (SSSR count). The van der Waals surface area contributed by atoms with Crippen LogP contribution in [0.25, 0.3) is 0 Å². The van der Waals surface area contributed by atoms with E-state index in [2.05, 4.69) is 10.1 Å². The molecule has 23 heavy (non-hydrogen) atoms. The molecule has 4 nitrogen and oxygen atoms in total. The van der Waals surface area contributed by atoms with Gasteiger partial charge in [-0.25, -0.2) is 18.0 Å². The second-order valence-corrected chi connectivity index (χ2v) is 5.06. The molecule has 0 saturated carbocycles. The number of methoxy groups -OCH3 is 1. The molecule has 0 saturated heterocycles. The first-order valence-electron chi connectivity index (χ1n) is 6.69. The van der Waals surface area contributed by atoms with Gasteiger partial charge in [0.1, 0.15) is 5.82 Å². The number of allylic oxidation sites excluding steroid dienone is 2. The number of alkyl halides is 1. The predicted molar refractivity (Wildman–Crippen MR) is 77.4 cm³/mol. The molecule has 7 heteroatoms. The van der Waals surface area contributed by atoms with Crippen LogP contribution in [0.2, 0.25) is 0 Å². The Bertz CT molecular complexity index is 727. The lowest BCUT2D eigenvalue weighted by atomic mass is 9.90. The molecule has 0 aromatic heterocycles. The van der Waals surface area contributed by atoms with Gasteiger partial charge in [0, 0.05) is 17.7 Å². The zero-order valence-electron chi connectivity index (χ0n) is 12.5. The third-order valence-electron chi connectivity index (χ3n) is 3.33. The van der Waals surface area contributed by atoms with Gasteiger partial charge in [-0.05, 0) is 31.2 Å². The normalized spacial score (nSPS) is 20.8. The lowest BCUT2D eigenvalue weighted by molar-refractivity contribution is -0.136. The Labute approximate surface area is 130 Å². The fraction of sp³-hybridized carbons (Fsp3) is 0.250. The molecule has 1 atom stereocenters. The Balaban J connectivity index is 2.46. The first kappa shape index (κ1) is 16.8. The number of esters is 1. The van der Waals surface area contributed by atoms with Crippen LogP contribution in [0.5, 0.6) is 0 Å². The molecule has 1 aliphatic carbocycles. The van der Waals surface area contributed by atoms with Gasteiger partial charge in [-0.15, -0.1) is 0 Å². The lowest BCUT2D eigenvalue weighted by Gasteiger charge is -2.30. The first-order chi connectivity index (χ1) is 10.8. The van der Waals surface area contributed by atoms with E-state index in [9.17, 15) is 18.4 Å². The predicted octanol–water partition coefficient (Wildman–Crippen LogP) is 3.22. The summed E-state index contributed by atoms with van der Waals surface area (Å²) in [6.07, 6.45) is 0.271. The second kappa shape index (κ2) is 6.28. The molecule has 122 valence electrons. The Morgan fingerprint density at radius 3 is 2.57 bits per heavy atom. The Morgan fingerprint density at radius 1 is 1.30 bits per heavy atom. The average Bonchev–Trinajstić information content (AvgIpc) is 2.48. The summed E-state index contributed by atoms with van der Waals surface area (Å²) in [5.41, 5.74) is -0.801. The fourth-order valence-corrected chi connectivity index (χ4v) is 2.25. The van der Waals surface area contributed by atoms with Crippen LogP contribution < -0.4 is 5.32 Å². The van der Waals surface area contributed by atoms with Gasteiger partial charge in [0.05, 0.1) is 12.7 Å². The summed E-state index contributed by atoms with van der Waals surface area (Å²) in [4.78, 5) is 23.1. The highest BCUT2D eigenvalue weighted by Crippen LogP contribution is 2.39. The minimum absolute atomic E-state index is 0.0309. The van der Waals surface area contributed by atoms with Crippen LogP contribution in [0.1, 0.15) is 13.3 Å². The van der Waals surface area contributed by atoms with E-state index in [-0.39, 0.29) is 11.3 Å². The van der Waals surface area contributed by atoms with Crippen LogP contribution in [-0.2, 0) is 14.3 Å². The zero-order valence-corrected chi connectivity index (χ0v) is 12.5. The topological polar surface area (TPSA) is 55.4 Å². The molecular weight excluding hydrogens is 311 g/mol. The van der Waals surface area contributed by atoms with Crippen molar-refractivity contribution < 1.29 is 27.5 Å². The second-order valence-electron chi connectivity index (χ2n) is 5.06. The Morgan fingerprint density at radius 2 is 2.00 bits per heavy atom. The molecular formula is C16H14F3NO3. The summed E-state index contributed by atoms with van der Waals surface area (Å²) in [7, 11) is 1.09. The number of Topliss-reactive ketones (excluding diaryl/α,β-unsaturated/α-hetero) is 1. The quantitative estimate of drug-likeness (QED) is 0.682. The van der Waals surface area contributed by atoms with Crippen molar-refractivity contribution in [1.29, 1.82) is 0 Å². The van der Waals surface area contributed by atoms with Gasteiger partial charge in [0.15, 0.2) is 11.6 Å². The van der Waals surface area contributed by atoms with Gasteiger partial charge >= 0.3 is 5.97 Å². The number of carbonyl (C=O) groups is 2. The van der Waals surface area contributed by atoms with Crippen molar-refractivity contribution in [2.45, 2.75) is 19.1 Å². The van der Waals surface area contributed by atoms with E-state index in [1.807, 2.05) is 0 Å². The van der Waals surface area contributed by atoms with Crippen LogP contribution in [0.4, 0.5) is 18.9 Å². The molecule has 0 amide bonds. The molecule has 1 unspecified atom stereocenters. The van der Waals surface area contributed by atoms with Crippen molar-refractivity contribution in [2.75, 3.05) is 12.4 Å². The highest BCUT2D eigenvalue weighted by Gasteiger charge is 2.43. The summed E-state index contributed by atoms with van der Waals surface area (Å²) in [6, 6.07) is 4.76. The van der Waals surface area contributed by atoms with E-state index >= 15 is 4.39 Å². The van der Waals surface area contributed by atoms with Gasteiger partial charge < -0.3 is 10.1 Å². The van der Waals surface area contributed by atoms with E-state index in [0.29, 0.717) is 0 Å². The van der Waals surface area contributed by atoms with Gasteiger partial charge in [0.2, 0.25) is 5.79 Å². The molecule has 1 aliphatic rings. The van der Waals surface area contributed by atoms with Gasteiger partial charge in [-0.2, -0.15) is 0 Å². The molecule has 0 spiro atoms. The van der Waals surface area contributed by atoms with Crippen molar-refractivity contribution >= 4 is 17.4 Å². The van der Waals surface area contributed by atoms with Crippen molar-refractivity contribution in [3.63, 3.8) is 0 Å². The SMILES string of the molecule is COC(=O)C1=CC(C(C)=O)=C(F)C(F)(Nc2cccc(F)c2)C1. The van der Waals surface area contributed by atoms with Crippen LogP contribution in [0, 0.1) is 5.82 Å². The number of anilines is 1. The summed E-state index contributed by atoms with van der Waals surface area (Å²) >= 11 is 0. The zero-order chi connectivity index (χ0) is 17.2. The molecule has 1 aromatic carbocycles. The van der Waals surface area contributed by atoms with E-state index < -0.39 is 41.2 Å². The number of hydrogen-bond donors (Lipinski definition) is 1. The third kappa shape index (κ3) is 3.44. The maximum Gasteiger partial charge on any atom is 0.333 e. The van der Waals surface area contributed by atoms with Crippen LogP contribution in [0.15, 0.2) is 47.3 Å². The molecule has 1 aromatic rings.